The normalized spacial score (nSPS) is 13.3. The molecule has 3 rings (SSSR count). The molecule has 2 aromatic rings. The first-order chi connectivity index (χ1) is 11.2. The first-order valence-corrected chi connectivity index (χ1v) is 7.90. The molecule has 0 unspecified atom stereocenters. The zero-order valence-electron chi connectivity index (χ0n) is 13.3. The Balaban J connectivity index is 1.90. The van der Waals surface area contributed by atoms with E-state index in [2.05, 4.69) is 6.07 Å². The van der Waals surface area contributed by atoms with E-state index in [0.717, 1.165) is 36.3 Å². The molecule has 2 aromatic carbocycles. The van der Waals surface area contributed by atoms with Crippen LogP contribution in [-0.2, 0) is 19.4 Å². The minimum Gasteiger partial charge on any atom is -0.493 e. The average molecular weight is 311 g/mol. The predicted molar refractivity (Wildman–Crippen MR) is 88.9 cm³/mol. The van der Waals surface area contributed by atoms with E-state index in [1.807, 2.05) is 18.2 Å². The van der Waals surface area contributed by atoms with Crippen LogP contribution >= 0.6 is 0 Å². The summed E-state index contributed by atoms with van der Waals surface area (Å²) in [5.41, 5.74) is 9.27. The average Bonchev–Trinajstić information content (AvgIpc) is 2.59. The number of carbonyl (C=O) groups is 1. The lowest BCUT2D eigenvalue weighted by Gasteiger charge is -2.22. The first-order valence-electron chi connectivity index (χ1n) is 7.90. The number of ether oxygens (including phenoxy) is 2. The van der Waals surface area contributed by atoms with Crippen molar-refractivity contribution in [1.82, 2.24) is 0 Å². The van der Waals surface area contributed by atoms with Gasteiger partial charge in [0, 0.05) is 16.7 Å². The zero-order valence-corrected chi connectivity index (χ0v) is 13.3. The fourth-order valence-corrected chi connectivity index (χ4v) is 3.13. The summed E-state index contributed by atoms with van der Waals surface area (Å²) in [6, 6.07) is 11.3. The zero-order chi connectivity index (χ0) is 16.2. The van der Waals surface area contributed by atoms with E-state index < -0.39 is 5.91 Å². The maximum absolute atomic E-state index is 11.5. The van der Waals surface area contributed by atoms with Crippen LogP contribution in [0, 0.1) is 0 Å². The summed E-state index contributed by atoms with van der Waals surface area (Å²) in [6.07, 6.45) is 4.45. The Morgan fingerprint density at radius 3 is 2.70 bits per heavy atom. The van der Waals surface area contributed by atoms with Crippen molar-refractivity contribution in [2.75, 3.05) is 7.11 Å². The van der Waals surface area contributed by atoms with E-state index in [1.54, 1.807) is 19.2 Å². The highest BCUT2D eigenvalue weighted by Gasteiger charge is 2.19. The summed E-state index contributed by atoms with van der Waals surface area (Å²) in [5, 5.41) is 0. The number of nitrogens with two attached hydrogens (primary N) is 1. The topological polar surface area (TPSA) is 61.6 Å². The van der Waals surface area contributed by atoms with E-state index in [1.165, 1.54) is 17.5 Å². The van der Waals surface area contributed by atoms with Crippen molar-refractivity contribution in [3.05, 3.63) is 58.7 Å². The van der Waals surface area contributed by atoms with Crippen LogP contribution in [0.4, 0.5) is 0 Å². The number of hydrogen-bond acceptors (Lipinski definition) is 3. The Kier molecular flexibility index (Phi) is 4.51. The van der Waals surface area contributed by atoms with Gasteiger partial charge in [0.25, 0.3) is 0 Å². The van der Waals surface area contributed by atoms with Crippen molar-refractivity contribution in [2.24, 2.45) is 5.73 Å². The number of amides is 1. The minimum absolute atomic E-state index is 0.298. The number of carbonyl (C=O) groups excluding carboxylic acids is 1. The van der Waals surface area contributed by atoms with Crippen LogP contribution in [0.1, 0.15) is 39.9 Å². The summed E-state index contributed by atoms with van der Waals surface area (Å²) >= 11 is 0. The first kappa shape index (κ1) is 15.4. The molecule has 0 heterocycles. The molecular weight excluding hydrogens is 290 g/mol. The molecule has 4 heteroatoms. The Labute approximate surface area is 136 Å². The lowest BCUT2D eigenvalue weighted by atomic mass is 9.90. The van der Waals surface area contributed by atoms with Crippen LogP contribution in [0.25, 0.3) is 0 Å². The van der Waals surface area contributed by atoms with Gasteiger partial charge in [-0.1, -0.05) is 24.3 Å². The van der Waals surface area contributed by atoms with Gasteiger partial charge in [0.2, 0.25) is 5.91 Å². The molecule has 0 saturated heterocycles. The Morgan fingerprint density at radius 1 is 1.13 bits per heavy atom. The fourth-order valence-electron chi connectivity index (χ4n) is 3.13. The van der Waals surface area contributed by atoms with Crippen molar-refractivity contribution in [1.29, 1.82) is 0 Å². The van der Waals surface area contributed by atoms with E-state index in [9.17, 15) is 4.79 Å². The van der Waals surface area contributed by atoms with Gasteiger partial charge in [0.05, 0.1) is 7.11 Å². The monoisotopic (exact) mass is 311 g/mol. The van der Waals surface area contributed by atoms with Crippen LogP contribution in [0.3, 0.4) is 0 Å². The predicted octanol–water partition coefficient (Wildman–Crippen LogP) is 3.25. The molecule has 23 heavy (non-hydrogen) atoms. The van der Waals surface area contributed by atoms with Crippen molar-refractivity contribution < 1.29 is 14.3 Å². The summed E-state index contributed by atoms with van der Waals surface area (Å²) in [4.78, 5) is 11.5. The smallest absolute Gasteiger partial charge is 0.249 e. The molecule has 4 nitrogen and oxygen atoms in total. The second-order valence-electron chi connectivity index (χ2n) is 5.75. The van der Waals surface area contributed by atoms with Crippen LogP contribution in [0.5, 0.6) is 11.5 Å². The molecule has 0 atom stereocenters. The summed E-state index contributed by atoms with van der Waals surface area (Å²) in [5.74, 6) is 1.09. The number of rotatable bonds is 5. The molecule has 0 aliphatic heterocycles. The third-order valence-electron chi connectivity index (χ3n) is 4.32. The quantitative estimate of drug-likeness (QED) is 0.922. The third-order valence-corrected chi connectivity index (χ3v) is 4.32. The molecule has 120 valence electrons. The lowest BCUT2D eigenvalue weighted by Crippen LogP contribution is -2.15. The number of hydrogen-bond donors (Lipinski definition) is 1. The van der Waals surface area contributed by atoms with E-state index in [-0.39, 0.29) is 0 Å². The minimum atomic E-state index is -0.439. The van der Waals surface area contributed by atoms with Gasteiger partial charge in [0.15, 0.2) is 11.5 Å². The standard InChI is InChI=1S/C19H21NO3/c1-22-17-11-10-13-6-2-4-8-15(13)18(17)23-12-14-7-3-5-9-16(14)19(20)21/h3,5,7,9-11H,2,4,6,8,12H2,1H3,(H2,20,21). The van der Waals surface area contributed by atoms with E-state index in [0.29, 0.717) is 12.2 Å². The van der Waals surface area contributed by atoms with E-state index in [4.69, 9.17) is 15.2 Å². The molecule has 1 aliphatic rings. The maximum atomic E-state index is 11.5. The van der Waals surface area contributed by atoms with Crippen LogP contribution in [-0.4, -0.2) is 13.0 Å². The van der Waals surface area contributed by atoms with Crippen molar-refractivity contribution in [3.8, 4) is 11.5 Å². The van der Waals surface area contributed by atoms with Crippen molar-refractivity contribution in [2.45, 2.75) is 32.3 Å². The molecule has 0 spiro atoms. The van der Waals surface area contributed by atoms with Gasteiger partial charge in [0.1, 0.15) is 6.61 Å². The molecule has 0 bridgehead atoms. The number of primary amides is 1. The van der Waals surface area contributed by atoms with Crippen LogP contribution in [0.15, 0.2) is 36.4 Å². The molecular formula is C19H21NO3. The number of methoxy groups -OCH3 is 1. The van der Waals surface area contributed by atoms with Crippen LogP contribution in [0.2, 0.25) is 0 Å². The Hall–Kier alpha value is -2.49. The lowest BCUT2D eigenvalue weighted by molar-refractivity contribution is 0.0998. The molecule has 0 saturated carbocycles. The highest BCUT2D eigenvalue weighted by Crippen LogP contribution is 2.38. The molecule has 1 amide bonds. The Morgan fingerprint density at radius 2 is 1.91 bits per heavy atom. The number of fused-ring (bicyclic) bond motifs is 1. The number of benzene rings is 2. The summed E-state index contributed by atoms with van der Waals surface area (Å²) in [7, 11) is 1.65. The molecule has 2 N–H and O–H groups in total. The maximum Gasteiger partial charge on any atom is 0.249 e. The SMILES string of the molecule is COc1ccc2c(c1OCc1ccccc1C(N)=O)CCCC2. The molecule has 0 radical (unpaired) electrons. The molecule has 0 fully saturated rings. The summed E-state index contributed by atoms with van der Waals surface area (Å²) in [6.45, 7) is 0.298. The largest absolute Gasteiger partial charge is 0.493 e. The summed E-state index contributed by atoms with van der Waals surface area (Å²) < 4.78 is 11.5. The van der Waals surface area contributed by atoms with Crippen molar-refractivity contribution >= 4 is 5.91 Å². The van der Waals surface area contributed by atoms with Gasteiger partial charge in [-0.3, -0.25) is 4.79 Å². The second-order valence-corrected chi connectivity index (χ2v) is 5.75. The van der Waals surface area contributed by atoms with Gasteiger partial charge in [-0.15, -0.1) is 0 Å². The highest BCUT2D eigenvalue weighted by atomic mass is 16.5. The second kappa shape index (κ2) is 6.73. The van der Waals surface area contributed by atoms with Gasteiger partial charge in [-0.25, -0.2) is 0 Å². The molecule has 0 aromatic heterocycles. The van der Waals surface area contributed by atoms with Gasteiger partial charge < -0.3 is 15.2 Å². The fraction of sp³-hybridized carbons (Fsp3) is 0.316. The molecule has 1 aliphatic carbocycles. The van der Waals surface area contributed by atoms with Crippen LogP contribution < -0.4 is 15.2 Å². The van der Waals surface area contributed by atoms with Gasteiger partial charge in [-0.05, 0) is 43.4 Å². The van der Waals surface area contributed by atoms with Gasteiger partial charge >= 0.3 is 0 Å². The van der Waals surface area contributed by atoms with Gasteiger partial charge in [-0.2, -0.15) is 0 Å². The Bertz CT molecular complexity index is 725. The third kappa shape index (κ3) is 3.16. The van der Waals surface area contributed by atoms with E-state index >= 15 is 0 Å². The highest BCUT2D eigenvalue weighted by molar-refractivity contribution is 5.94. The number of aryl methyl sites for hydroxylation is 1. The van der Waals surface area contributed by atoms with Crippen molar-refractivity contribution in [3.63, 3.8) is 0 Å².